The van der Waals surface area contributed by atoms with Gasteiger partial charge >= 0.3 is 12.2 Å². The number of ether oxygens (including phenoxy) is 2. The predicted molar refractivity (Wildman–Crippen MR) is 171 cm³/mol. The molecule has 0 fully saturated rings. The molecule has 0 spiro atoms. The molecule has 1 unspecified atom stereocenters. The third-order valence-electron chi connectivity index (χ3n) is 6.92. The average molecular weight is 596 g/mol. The molecule has 1 aromatic heterocycles. The summed E-state index contributed by atoms with van der Waals surface area (Å²) in [7, 11) is 0. The van der Waals surface area contributed by atoms with Crippen LogP contribution in [-0.4, -0.2) is 46.1 Å². The Hall–Kier alpha value is -4.69. The zero-order valence-electron chi connectivity index (χ0n) is 25.5. The van der Waals surface area contributed by atoms with Crippen LogP contribution in [0.5, 0.6) is 0 Å². The van der Waals surface area contributed by atoms with Crippen LogP contribution in [0.15, 0.2) is 109 Å². The maximum Gasteiger partial charge on any atom is 0.407 e. The van der Waals surface area contributed by atoms with Gasteiger partial charge < -0.3 is 25.2 Å². The number of carbonyl (C=O) groups excluding carboxylic acids is 2. The minimum absolute atomic E-state index is 0.123. The largest absolute Gasteiger partial charge is 0.445 e. The molecule has 3 N–H and O–H groups in total. The first kappa shape index (κ1) is 32.2. The zero-order valence-corrected chi connectivity index (χ0v) is 25.5. The molecule has 0 aliphatic heterocycles. The summed E-state index contributed by atoms with van der Waals surface area (Å²) in [5, 5.41) is 17.3. The Labute approximate surface area is 259 Å². The first-order chi connectivity index (χ1) is 21.1. The van der Waals surface area contributed by atoms with Crippen molar-refractivity contribution in [2.75, 3.05) is 0 Å². The van der Waals surface area contributed by atoms with Crippen LogP contribution in [0.25, 0.3) is 11.3 Å². The second kappa shape index (κ2) is 15.7. The Morgan fingerprint density at radius 1 is 0.750 bits per heavy atom. The molecule has 0 aliphatic rings. The molecule has 3 atom stereocenters. The number of alkyl carbamates (subject to hydrolysis) is 2. The minimum atomic E-state index is -1.00. The van der Waals surface area contributed by atoms with Crippen molar-refractivity contribution in [3.05, 3.63) is 126 Å². The van der Waals surface area contributed by atoms with E-state index in [9.17, 15) is 14.7 Å². The van der Waals surface area contributed by atoms with Crippen molar-refractivity contribution in [2.24, 2.45) is 0 Å². The van der Waals surface area contributed by atoms with Gasteiger partial charge in [0, 0.05) is 17.8 Å². The number of nitrogens with one attached hydrogen (secondary N) is 2. The lowest BCUT2D eigenvalue weighted by Gasteiger charge is -2.29. The second-order valence-corrected chi connectivity index (χ2v) is 11.8. The molecule has 0 saturated heterocycles. The van der Waals surface area contributed by atoms with Gasteiger partial charge in [0.2, 0.25) is 0 Å². The van der Waals surface area contributed by atoms with E-state index in [2.05, 4.69) is 15.6 Å². The summed E-state index contributed by atoms with van der Waals surface area (Å²) < 4.78 is 11.0. The summed E-state index contributed by atoms with van der Waals surface area (Å²) in [5.41, 5.74) is 3.93. The lowest BCUT2D eigenvalue weighted by atomic mass is 9.93. The maximum atomic E-state index is 12.9. The number of amides is 2. The highest BCUT2D eigenvalue weighted by Gasteiger charge is 2.28. The third kappa shape index (κ3) is 10.9. The molecule has 230 valence electrons. The van der Waals surface area contributed by atoms with Crippen LogP contribution < -0.4 is 10.6 Å². The molecular formula is C36H41N3O5. The fourth-order valence-corrected chi connectivity index (χ4v) is 4.82. The molecule has 4 rings (SSSR count). The lowest BCUT2D eigenvalue weighted by Crippen LogP contribution is -2.49. The highest BCUT2D eigenvalue weighted by atomic mass is 16.6. The Balaban J connectivity index is 1.50. The molecule has 44 heavy (non-hydrogen) atoms. The smallest absolute Gasteiger partial charge is 0.407 e. The number of aromatic nitrogens is 1. The molecule has 1 heterocycles. The molecule has 0 radical (unpaired) electrons. The van der Waals surface area contributed by atoms with Gasteiger partial charge in [-0.25, -0.2) is 9.59 Å². The summed E-state index contributed by atoms with van der Waals surface area (Å²) in [6.45, 7) is 5.48. The number of aliphatic hydroxyl groups is 1. The molecular weight excluding hydrogens is 554 g/mol. The molecule has 8 nitrogen and oxygen atoms in total. The predicted octanol–water partition coefficient (Wildman–Crippen LogP) is 6.47. The Bertz CT molecular complexity index is 1440. The van der Waals surface area contributed by atoms with Crippen LogP contribution in [-0.2, 0) is 28.9 Å². The monoisotopic (exact) mass is 595 g/mol. The number of aliphatic hydroxyl groups excluding tert-OH is 1. The van der Waals surface area contributed by atoms with Gasteiger partial charge in [-0.1, -0.05) is 91.0 Å². The first-order valence-electron chi connectivity index (χ1n) is 14.8. The van der Waals surface area contributed by atoms with Crippen LogP contribution >= 0.6 is 0 Å². The number of nitrogens with zero attached hydrogens (tertiary/aromatic N) is 1. The fraction of sp³-hybridized carbons (Fsp3) is 0.306. The summed E-state index contributed by atoms with van der Waals surface area (Å²) in [6, 6.07) is 31.6. The van der Waals surface area contributed by atoms with Gasteiger partial charge in [0.1, 0.15) is 12.2 Å². The molecule has 3 aromatic carbocycles. The van der Waals surface area contributed by atoms with Gasteiger partial charge in [0.15, 0.2) is 0 Å². The van der Waals surface area contributed by atoms with Gasteiger partial charge in [-0.05, 0) is 68.9 Å². The number of rotatable bonds is 12. The number of hydrogen-bond donors (Lipinski definition) is 3. The number of pyridine rings is 1. The summed E-state index contributed by atoms with van der Waals surface area (Å²) in [5.74, 6) is 0. The van der Waals surface area contributed by atoms with E-state index < -0.39 is 36.0 Å². The minimum Gasteiger partial charge on any atom is -0.445 e. The average Bonchev–Trinajstić information content (AvgIpc) is 3.00. The number of carbonyl (C=O) groups is 2. The van der Waals surface area contributed by atoms with E-state index in [0.717, 1.165) is 27.9 Å². The van der Waals surface area contributed by atoms with Crippen LogP contribution in [0.4, 0.5) is 9.59 Å². The van der Waals surface area contributed by atoms with Crippen LogP contribution in [0.2, 0.25) is 0 Å². The Morgan fingerprint density at radius 2 is 1.36 bits per heavy atom. The van der Waals surface area contributed by atoms with Crippen molar-refractivity contribution in [3.63, 3.8) is 0 Å². The maximum absolute atomic E-state index is 12.9. The standard InChI is InChI=1S/C36H41N3O5/c1-36(2,3)44-35(42)39-32(23-26-12-6-4-7-13-26)33(40)24-30(38-34(41)43-25-28-14-8-5-9-15-28)22-27-17-19-29(20-18-27)31-16-10-11-21-37-31/h4-21,30,32-33,40H,22-25H2,1-3H3,(H,38,41)(H,39,42)/t30?,32-,33-/m0/s1. The van der Waals surface area contributed by atoms with E-state index >= 15 is 0 Å². The molecule has 0 saturated carbocycles. The van der Waals surface area contributed by atoms with Crippen molar-refractivity contribution in [3.8, 4) is 11.3 Å². The van der Waals surface area contributed by atoms with Crippen LogP contribution in [0, 0.1) is 0 Å². The van der Waals surface area contributed by atoms with Crippen molar-refractivity contribution >= 4 is 12.2 Å². The molecule has 2 amide bonds. The highest BCUT2D eigenvalue weighted by Crippen LogP contribution is 2.20. The molecule has 8 heteroatoms. The van der Waals surface area contributed by atoms with Crippen molar-refractivity contribution in [1.82, 2.24) is 15.6 Å². The summed E-state index contributed by atoms with van der Waals surface area (Å²) in [4.78, 5) is 30.1. The normalized spacial score (nSPS) is 13.3. The van der Waals surface area contributed by atoms with E-state index in [1.54, 1.807) is 27.0 Å². The van der Waals surface area contributed by atoms with E-state index in [0.29, 0.717) is 12.8 Å². The van der Waals surface area contributed by atoms with E-state index in [1.165, 1.54) is 0 Å². The van der Waals surface area contributed by atoms with Gasteiger partial charge in [0.25, 0.3) is 0 Å². The summed E-state index contributed by atoms with van der Waals surface area (Å²) >= 11 is 0. The Kier molecular flexibility index (Phi) is 11.5. The third-order valence-corrected chi connectivity index (χ3v) is 6.92. The first-order valence-corrected chi connectivity index (χ1v) is 14.8. The van der Waals surface area contributed by atoms with Gasteiger partial charge in [0.05, 0.1) is 17.8 Å². The quantitative estimate of drug-likeness (QED) is 0.173. The van der Waals surface area contributed by atoms with E-state index in [1.807, 2.05) is 103 Å². The van der Waals surface area contributed by atoms with Gasteiger partial charge in [-0.3, -0.25) is 4.98 Å². The highest BCUT2D eigenvalue weighted by molar-refractivity contribution is 5.68. The number of hydrogen-bond acceptors (Lipinski definition) is 6. The van der Waals surface area contributed by atoms with Crippen LogP contribution in [0.1, 0.15) is 43.9 Å². The fourth-order valence-electron chi connectivity index (χ4n) is 4.82. The lowest BCUT2D eigenvalue weighted by molar-refractivity contribution is 0.0397. The molecule has 4 aromatic rings. The molecule has 0 bridgehead atoms. The van der Waals surface area contributed by atoms with E-state index in [-0.39, 0.29) is 13.0 Å². The summed E-state index contributed by atoms with van der Waals surface area (Å²) in [6.07, 6.45) is 0.522. The second-order valence-electron chi connectivity index (χ2n) is 11.8. The Morgan fingerprint density at radius 3 is 1.98 bits per heavy atom. The zero-order chi connectivity index (χ0) is 31.4. The number of benzene rings is 3. The topological polar surface area (TPSA) is 110 Å². The van der Waals surface area contributed by atoms with Crippen molar-refractivity contribution in [2.45, 2.75) is 70.4 Å². The molecule has 0 aliphatic carbocycles. The van der Waals surface area contributed by atoms with Crippen molar-refractivity contribution < 1.29 is 24.2 Å². The van der Waals surface area contributed by atoms with Crippen molar-refractivity contribution in [1.29, 1.82) is 0 Å². The van der Waals surface area contributed by atoms with Gasteiger partial charge in [-0.2, -0.15) is 0 Å². The van der Waals surface area contributed by atoms with Crippen LogP contribution in [0.3, 0.4) is 0 Å². The van der Waals surface area contributed by atoms with Gasteiger partial charge in [-0.15, -0.1) is 0 Å². The van der Waals surface area contributed by atoms with E-state index in [4.69, 9.17) is 9.47 Å². The SMILES string of the molecule is CC(C)(C)OC(=O)N[C@@H](Cc1ccccc1)[C@@H](O)CC(Cc1ccc(-c2ccccn2)cc1)NC(=O)OCc1ccccc1.